The Kier molecular flexibility index (Phi) is 6.57. The molecule has 0 atom stereocenters. The third-order valence-electron chi connectivity index (χ3n) is 6.96. The Morgan fingerprint density at radius 2 is 1.76 bits per heavy atom. The molecule has 0 spiro atoms. The highest BCUT2D eigenvalue weighted by Gasteiger charge is 2.52. The fraction of sp³-hybridized carbons (Fsp3) is 0.407. The van der Waals surface area contributed by atoms with Crippen LogP contribution >= 0.6 is 0 Å². The quantitative estimate of drug-likeness (QED) is 0.578. The van der Waals surface area contributed by atoms with Gasteiger partial charge in [-0.15, -0.1) is 0 Å². The van der Waals surface area contributed by atoms with E-state index in [-0.39, 0.29) is 18.6 Å². The molecule has 34 heavy (non-hydrogen) atoms. The number of alkyl carbamates (subject to hydrolysis) is 1. The van der Waals surface area contributed by atoms with Crippen molar-refractivity contribution in [1.29, 1.82) is 5.26 Å². The number of ether oxygens (including phenoxy) is 1. The van der Waals surface area contributed by atoms with Gasteiger partial charge in [-0.3, -0.25) is 0 Å². The van der Waals surface area contributed by atoms with Gasteiger partial charge in [-0.2, -0.15) is 5.26 Å². The molecule has 0 unspecified atom stereocenters. The molecule has 7 heteroatoms. The minimum absolute atomic E-state index is 0.195. The summed E-state index contributed by atoms with van der Waals surface area (Å²) in [5.74, 6) is 0. The number of benzene rings is 2. The standard InChI is InChI=1S/C27H31BN2O4/c1-25(2)26(3,4)34-28(33-25)23(17-30-24(31)32-18-20-9-6-5-7-10-20)16-21-11-8-12-22(15-21)27(19-29)13-14-27/h5-12,15-16H,13-14,17-18H2,1-4H3,(H,30,31). The van der Waals surface area contributed by atoms with Crippen molar-refractivity contribution in [3.05, 3.63) is 76.8 Å². The summed E-state index contributed by atoms with van der Waals surface area (Å²) in [6, 6.07) is 20.0. The third-order valence-corrected chi connectivity index (χ3v) is 6.96. The Bertz CT molecular complexity index is 1100. The van der Waals surface area contributed by atoms with Crippen LogP contribution in [-0.2, 0) is 26.1 Å². The first-order valence-corrected chi connectivity index (χ1v) is 11.7. The van der Waals surface area contributed by atoms with Gasteiger partial charge in [-0.05, 0) is 62.7 Å². The summed E-state index contributed by atoms with van der Waals surface area (Å²) in [6.07, 6.45) is 3.23. The summed E-state index contributed by atoms with van der Waals surface area (Å²) in [7, 11) is -0.617. The van der Waals surface area contributed by atoms with E-state index >= 15 is 0 Å². The number of nitrogens with zero attached hydrogens (tertiary/aromatic N) is 1. The van der Waals surface area contributed by atoms with Gasteiger partial charge in [0.2, 0.25) is 0 Å². The van der Waals surface area contributed by atoms with Crippen LogP contribution in [0.25, 0.3) is 6.08 Å². The van der Waals surface area contributed by atoms with Crippen LogP contribution < -0.4 is 5.32 Å². The molecule has 2 aromatic rings. The monoisotopic (exact) mass is 458 g/mol. The van der Waals surface area contributed by atoms with E-state index in [4.69, 9.17) is 14.0 Å². The molecular weight excluding hydrogens is 427 g/mol. The van der Waals surface area contributed by atoms with Crippen LogP contribution in [0.4, 0.5) is 4.79 Å². The van der Waals surface area contributed by atoms with E-state index in [0.717, 1.165) is 35.0 Å². The highest BCUT2D eigenvalue weighted by molar-refractivity contribution is 6.56. The molecule has 1 amide bonds. The lowest BCUT2D eigenvalue weighted by Crippen LogP contribution is -2.41. The minimum Gasteiger partial charge on any atom is -0.445 e. The number of nitrogens with one attached hydrogen (secondary N) is 1. The first-order valence-electron chi connectivity index (χ1n) is 11.7. The van der Waals surface area contributed by atoms with Gasteiger partial charge in [0.1, 0.15) is 6.61 Å². The number of carbonyl (C=O) groups is 1. The lowest BCUT2D eigenvalue weighted by atomic mass is 9.76. The zero-order chi connectivity index (χ0) is 24.4. The summed E-state index contributed by atoms with van der Waals surface area (Å²) in [6.45, 7) is 8.39. The zero-order valence-corrected chi connectivity index (χ0v) is 20.3. The molecule has 1 aliphatic carbocycles. The molecule has 0 bridgehead atoms. The van der Waals surface area contributed by atoms with Crippen molar-refractivity contribution in [1.82, 2.24) is 5.32 Å². The minimum atomic E-state index is -0.617. The molecule has 176 valence electrons. The molecule has 6 nitrogen and oxygen atoms in total. The summed E-state index contributed by atoms with van der Waals surface area (Å²) in [5, 5.41) is 12.4. The van der Waals surface area contributed by atoms with Gasteiger partial charge in [0.15, 0.2) is 0 Å². The normalized spacial score (nSPS) is 19.9. The van der Waals surface area contributed by atoms with E-state index < -0.39 is 24.4 Å². The molecule has 1 saturated heterocycles. The lowest BCUT2D eigenvalue weighted by Gasteiger charge is -2.32. The molecule has 1 N–H and O–H groups in total. The van der Waals surface area contributed by atoms with Crippen molar-refractivity contribution in [2.45, 2.75) is 63.8 Å². The van der Waals surface area contributed by atoms with Gasteiger partial charge >= 0.3 is 13.2 Å². The molecule has 1 aliphatic heterocycles. The number of hydrogen-bond acceptors (Lipinski definition) is 5. The number of amides is 1. The molecule has 4 rings (SSSR count). The van der Waals surface area contributed by atoms with E-state index in [0.29, 0.717) is 0 Å². The van der Waals surface area contributed by atoms with Crippen molar-refractivity contribution in [3.63, 3.8) is 0 Å². The maximum Gasteiger partial charge on any atom is 0.492 e. The molecule has 0 aromatic heterocycles. The van der Waals surface area contributed by atoms with Gasteiger partial charge < -0.3 is 19.4 Å². The van der Waals surface area contributed by atoms with Gasteiger partial charge in [0.25, 0.3) is 0 Å². The number of nitriles is 1. The van der Waals surface area contributed by atoms with E-state index in [1.165, 1.54) is 0 Å². The SMILES string of the molecule is CC1(C)OB(C(=Cc2cccc(C3(C#N)CC3)c2)CNC(=O)OCc2ccccc2)OC1(C)C. The van der Waals surface area contributed by atoms with Crippen molar-refractivity contribution < 1.29 is 18.8 Å². The fourth-order valence-corrected chi connectivity index (χ4v) is 3.88. The Labute approximate surface area is 202 Å². The lowest BCUT2D eigenvalue weighted by molar-refractivity contribution is 0.00578. The second-order valence-corrected chi connectivity index (χ2v) is 10.0. The summed E-state index contributed by atoms with van der Waals surface area (Å²) < 4.78 is 17.9. The van der Waals surface area contributed by atoms with Gasteiger partial charge in [-0.1, -0.05) is 60.7 Å². The van der Waals surface area contributed by atoms with Crippen LogP contribution in [0.3, 0.4) is 0 Å². The smallest absolute Gasteiger partial charge is 0.445 e. The van der Waals surface area contributed by atoms with Crippen LogP contribution in [0.15, 0.2) is 60.1 Å². The molecule has 2 aliphatic rings. The molecule has 0 radical (unpaired) electrons. The van der Waals surface area contributed by atoms with Crippen LogP contribution in [-0.4, -0.2) is 31.0 Å². The van der Waals surface area contributed by atoms with Crippen LogP contribution in [0.2, 0.25) is 0 Å². The summed E-state index contributed by atoms with van der Waals surface area (Å²) in [4.78, 5) is 12.4. The van der Waals surface area contributed by atoms with E-state index in [1.54, 1.807) is 0 Å². The van der Waals surface area contributed by atoms with Gasteiger partial charge in [0.05, 0.1) is 22.7 Å². The Morgan fingerprint density at radius 1 is 1.09 bits per heavy atom. The summed E-state index contributed by atoms with van der Waals surface area (Å²) >= 11 is 0. The van der Waals surface area contributed by atoms with Crippen molar-refractivity contribution in [2.75, 3.05) is 6.54 Å². The average molecular weight is 458 g/mol. The predicted octanol–water partition coefficient (Wildman–Crippen LogP) is 5.18. The maximum atomic E-state index is 12.4. The molecule has 2 aromatic carbocycles. The average Bonchev–Trinajstić information content (AvgIpc) is 3.58. The first kappa shape index (κ1) is 24.1. The van der Waals surface area contributed by atoms with E-state index in [9.17, 15) is 10.1 Å². The van der Waals surface area contributed by atoms with Gasteiger partial charge in [0, 0.05) is 6.54 Å². The fourth-order valence-electron chi connectivity index (χ4n) is 3.88. The number of hydrogen-bond donors (Lipinski definition) is 1. The predicted molar refractivity (Wildman–Crippen MR) is 132 cm³/mol. The first-order chi connectivity index (χ1) is 16.1. The van der Waals surface area contributed by atoms with Crippen LogP contribution in [0, 0.1) is 11.3 Å². The van der Waals surface area contributed by atoms with Crippen molar-refractivity contribution in [3.8, 4) is 6.07 Å². The molecule has 2 fully saturated rings. The molecule has 1 saturated carbocycles. The zero-order valence-electron chi connectivity index (χ0n) is 20.3. The Hall–Kier alpha value is -3.08. The highest BCUT2D eigenvalue weighted by Crippen LogP contribution is 2.47. The second kappa shape index (κ2) is 9.29. The van der Waals surface area contributed by atoms with Gasteiger partial charge in [-0.25, -0.2) is 4.79 Å². The summed E-state index contributed by atoms with van der Waals surface area (Å²) in [5.41, 5.74) is 2.26. The van der Waals surface area contributed by atoms with Crippen LogP contribution in [0.1, 0.15) is 57.2 Å². The number of rotatable bonds is 7. The third kappa shape index (κ3) is 5.19. The Morgan fingerprint density at radius 3 is 2.38 bits per heavy atom. The highest BCUT2D eigenvalue weighted by atomic mass is 16.7. The Balaban J connectivity index is 1.51. The maximum absolute atomic E-state index is 12.4. The van der Waals surface area contributed by atoms with Crippen LogP contribution in [0.5, 0.6) is 0 Å². The van der Waals surface area contributed by atoms with E-state index in [1.807, 2.05) is 88.4 Å². The number of carbonyl (C=O) groups excluding carboxylic acids is 1. The second-order valence-electron chi connectivity index (χ2n) is 10.0. The molecule has 1 heterocycles. The largest absolute Gasteiger partial charge is 0.492 e. The molecular formula is C27H31BN2O4. The van der Waals surface area contributed by atoms with E-state index in [2.05, 4.69) is 11.4 Å². The van der Waals surface area contributed by atoms with Crippen molar-refractivity contribution >= 4 is 19.3 Å². The topological polar surface area (TPSA) is 80.6 Å². The van der Waals surface area contributed by atoms with Crippen molar-refractivity contribution in [2.24, 2.45) is 0 Å².